The van der Waals surface area contributed by atoms with Crippen LogP contribution < -0.4 is 15.6 Å². The number of benzene rings is 1. The van der Waals surface area contributed by atoms with Crippen LogP contribution in [0.1, 0.15) is 23.8 Å². The largest absolute Gasteiger partial charge is 0.496 e. The minimum atomic E-state index is -0.616. The van der Waals surface area contributed by atoms with Crippen LogP contribution in [-0.4, -0.2) is 32.9 Å². The molecule has 1 aromatic carbocycles. The fourth-order valence-electron chi connectivity index (χ4n) is 3.62. The van der Waals surface area contributed by atoms with Gasteiger partial charge in [0.15, 0.2) is 4.83 Å². The van der Waals surface area contributed by atoms with Crippen molar-refractivity contribution in [3.63, 3.8) is 0 Å². The molecule has 10 nitrogen and oxygen atoms in total. The Balaban J connectivity index is 1.61. The van der Waals surface area contributed by atoms with Gasteiger partial charge in [-0.15, -0.1) is 16.4 Å². The van der Waals surface area contributed by atoms with E-state index in [-0.39, 0.29) is 16.9 Å². The van der Waals surface area contributed by atoms with Gasteiger partial charge >= 0.3 is 0 Å². The van der Waals surface area contributed by atoms with Gasteiger partial charge in [0.2, 0.25) is 5.91 Å². The molecule has 0 aliphatic heterocycles. The fraction of sp³-hybridized carbons (Fsp3) is 0.368. The Labute approximate surface area is 174 Å². The van der Waals surface area contributed by atoms with E-state index in [1.54, 1.807) is 0 Å². The van der Waals surface area contributed by atoms with Crippen molar-refractivity contribution in [3.05, 3.63) is 49.1 Å². The van der Waals surface area contributed by atoms with Crippen molar-refractivity contribution in [2.75, 3.05) is 12.4 Å². The number of rotatable bonds is 5. The number of ether oxygens (including phenoxy) is 1. The molecular formula is C19H19N5O5S. The number of carbonyl (C=O) groups excluding carboxylic acids is 1. The summed E-state index contributed by atoms with van der Waals surface area (Å²) in [6, 6.07) is 4.09. The van der Waals surface area contributed by atoms with Crippen LogP contribution in [0.3, 0.4) is 0 Å². The first kappa shape index (κ1) is 20.0. The zero-order valence-corrected chi connectivity index (χ0v) is 17.2. The molecule has 0 radical (unpaired) electrons. The number of aromatic nitrogens is 3. The molecule has 0 saturated carbocycles. The van der Waals surface area contributed by atoms with Crippen molar-refractivity contribution >= 4 is 38.8 Å². The Hall–Kier alpha value is -3.34. The van der Waals surface area contributed by atoms with Crippen molar-refractivity contribution in [2.45, 2.75) is 32.7 Å². The summed E-state index contributed by atoms with van der Waals surface area (Å²) in [4.78, 5) is 37.8. The van der Waals surface area contributed by atoms with E-state index in [2.05, 4.69) is 22.6 Å². The summed E-state index contributed by atoms with van der Waals surface area (Å²) in [6.07, 6.45) is 2.72. The molecule has 0 spiro atoms. The van der Waals surface area contributed by atoms with Gasteiger partial charge in [0.05, 0.1) is 23.5 Å². The van der Waals surface area contributed by atoms with E-state index in [9.17, 15) is 19.7 Å². The highest BCUT2D eigenvalue weighted by Crippen LogP contribution is 2.35. The summed E-state index contributed by atoms with van der Waals surface area (Å²) in [6.45, 7) is 1.78. The maximum atomic E-state index is 13.0. The summed E-state index contributed by atoms with van der Waals surface area (Å²) < 4.78 is 5.98. The predicted molar refractivity (Wildman–Crippen MR) is 111 cm³/mol. The van der Waals surface area contributed by atoms with E-state index in [0.717, 1.165) is 34.4 Å². The van der Waals surface area contributed by atoms with Gasteiger partial charge < -0.3 is 10.1 Å². The quantitative estimate of drug-likeness (QED) is 0.487. The monoisotopic (exact) mass is 429 g/mol. The zero-order chi connectivity index (χ0) is 21.4. The molecule has 1 aliphatic carbocycles. The van der Waals surface area contributed by atoms with E-state index < -0.39 is 17.4 Å². The molecular weight excluding hydrogens is 410 g/mol. The van der Waals surface area contributed by atoms with E-state index in [1.165, 1.54) is 36.6 Å². The molecule has 2 aromatic heterocycles. The maximum Gasteiger partial charge on any atom is 0.296 e. The molecule has 11 heteroatoms. The van der Waals surface area contributed by atoms with Crippen molar-refractivity contribution in [1.82, 2.24) is 15.0 Å². The molecule has 1 amide bonds. The number of carbonyl (C=O) groups is 1. The SMILES string of the molecule is COc1ccc(NC(=O)Cn2nnc3sc4c(c3c2=O)CC[C@@H](C)C4)c([N+](=O)[O-])c1. The molecule has 30 heavy (non-hydrogen) atoms. The van der Waals surface area contributed by atoms with Gasteiger partial charge in [-0.3, -0.25) is 19.7 Å². The molecule has 3 aromatic rings. The van der Waals surface area contributed by atoms with Gasteiger partial charge in [-0.1, -0.05) is 12.1 Å². The van der Waals surface area contributed by atoms with Crippen LogP contribution in [-0.2, 0) is 24.2 Å². The Morgan fingerprint density at radius 2 is 2.27 bits per heavy atom. The molecule has 156 valence electrons. The molecule has 0 saturated heterocycles. The standard InChI is InChI=1S/C19H19N5O5S/c1-10-3-5-12-15(7-10)30-18-17(12)19(26)23(22-21-18)9-16(25)20-13-6-4-11(29-2)8-14(13)24(27)28/h4,6,8,10H,3,5,7,9H2,1-2H3,(H,20,25)/t10-/m1/s1. The lowest BCUT2D eigenvalue weighted by molar-refractivity contribution is -0.384. The first-order valence-electron chi connectivity index (χ1n) is 9.37. The van der Waals surface area contributed by atoms with Gasteiger partial charge in [-0.05, 0) is 42.9 Å². The maximum absolute atomic E-state index is 13.0. The Morgan fingerprint density at radius 3 is 3.00 bits per heavy atom. The van der Waals surface area contributed by atoms with Crippen LogP contribution in [0.4, 0.5) is 11.4 Å². The number of methoxy groups -OCH3 is 1. The molecule has 2 heterocycles. The fourth-order valence-corrected chi connectivity index (χ4v) is 4.93. The third kappa shape index (κ3) is 3.63. The zero-order valence-electron chi connectivity index (χ0n) is 16.4. The molecule has 0 unspecified atom stereocenters. The van der Waals surface area contributed by atoms with Gasteiger partial charge in [0, 0.05) is 4.88 Å². The number of nitro benzene ring substituents is 1. The number of fused-ring (bicyclic) bond motifs is 3. The average Bonchev–Trinajstić information content (AvgIpc) is 3.08. The summed E-state index contributed by atoms with van der Waals surface area (Å²) >= 11 is 1.48. The average molecular weight is 429 g/mol. The molecule has 4 rings (SSSR count). The number of anilines is 1. The number of nitro groups is 1. The van der Waals surface area contributed by atoms with Gasteiger partial charge in [0.1, 0.15) is 18.0 Å². The molecule has 0 bridgehead atoms. The van der Waals surface area contributed by atoms with Gasteiger partial charge in [-0.2, -0.15) is 0 Å². The Kier molecular flexibility index (Phi) is 5.20. The topological polar surface area (TPSA) is 129 Å². The van der Waals surface area contributed by atoms with Crippen LogP contribution in [0.15, 0.2) is 23.0 Å². The lowest BCUT2D eigenvalue weighted by Crippen LogP contribution is -2.30. The first-order chi connectivity index (χ1) is 14.4. The number of nitrogens with one attached hydrogen (secondary N) is 1. The van der Waals surface area contributed by atoms with E-state index in [0.29, 0.717) is 21.9 Å². The smallest absolute Gasteiger partial charge is 0.296 e. The van der Waals surface area contributed by atoms with Crippen molar-refractivity contribution < 1.29 is 14.5 Å². The van der Waals surface area contributed by atoms with E-state index >= 15 is 0 Å². The summed E-state index contributed by atoms with van der Waals surface area (Å²) in [5, 5.41) is 22.3. The van der Waals surface area contributed by atoms with E-state index in [4.69, 9.17) is 4.74 Å². The van der Waals surface area contributed by atoms with Crippen molar-refractivity contribution in [2.24, 2.45) is 5.92 Å². The summed E-state index contributed by atoms with van der Waals surface area (Å²) in [5.74, 6) is 0.243. The second-order valence-corrected chi connectivity index (χ2v) is 8.36. The number of thiophene rings is 1. The molecule has 1 aliphatic rings. The normalized spacial score (nSPS) is 15.6. The van der Waals surface area contributed by atoms with Crippen LogP contribution >= 0.6 is 11.3 Å². The minimum absolute atomic E-state index is 0.00906. The number of amides is 1. The highest BCUT2D eigenvalue weighted by Gasteiger charge is 2.24. The van der Waals surface area contributed by atoms with E-state index in [1.807, 2.05) is 0 Å². The van der Waals surface area contributed by atoms with Crippen molar-refractivity contribution in [1.29, 1.82) is 0 Å². The third-order valence-corrected chi connectivity index (χ3v) is 6.29. The van der Waals surface area contributed by atoms with Crippen LogP contribution in [0.25, 0.3) is 10.2 Å². The molecule has 0 fully saturated rings. The van der Waals surface area contributed by atoms with Crippen LogP contribution in [0.5, 0.6) is 5.75 Å². The Bertz CT molecular complexity index is 1220. The van der Waals surface area contributed by atoms with Gasteiger partial charge in [0.25, 0.3) is 11.2 Å². The number of aryl methyl sites for hydroxylation is 1. The first-order valence-corrected chi connectivity index (χ1v) is 10.2. The highest BCUT2D eigenvalue weighted by atomic mass is 32.1. The lowest BCUT2D eigenvalue weighted by Gasteiger charge is -2.17. The predicted octanol–water partition coefficient (Wildman–Crippen LogP) is 2.53. The van der Waals surface area contributed by atoms with Crippen LogP contribution in [0.2, 0.25) is 0 Å². The molecule has 1 atom stereocenters. The third-order valence-electron chi connectivity index (χ3n) is 5.15. The van der Waals surface area contributed by atoms with Crippen molar-refractivity contribution in [3.8, 4) is 5.75 Å². The highest BCUT2D eigenvalue weighted by molar-refractivity contribution is 7.18. The lowest BCUT2D eigenvalue weighted by atomic mass is 9.89. The minimum Gasteiger partial charge on any atom is -0.496 e. The molecule has 1 N–H and O–H groups in total. The number of hydrogen-bond acceptors (Lipinski definition) is 8. The van der Waals surface area contributed by atoms with Crippen LogP contribution in [0, 0.1) is 16.0 Å². The second kappa shape index (κ2) is 7.82. The van der Waals surface area contributed by atoms with Gasteiger partial charge in [-0.25, -0.2) is 4.68 Å². The number of hydrogen-bond donors (Lipinski definition) is 1. The Morgan fingerprint density at radius 1 is 1.47 bits per heavy atom. The summed E-state index contributed by atoms with van der Waals surface area (Å²) in [5.41, 5.74) is 0.340. The summed E-state index contributed by atoms with van der Waals surface area (Å²) in [7, 11) is 1.39. The number of nitrogens with zero attached hydrogens (tertiary/aromatic N) is 4. The second-order valence-electron chi connectivity index (χ2n) is 7.27.